The van der Waals surface area contributed by atoms with Crippen LogP contribution in [0.15, 0.2) is 23.3 Å². The van der Waals surface area contributed by atoms with E-state index in [2.05, 4.69) is 25.8 Å². The van der Waals surface area contributed by atoms with Gasteiger partial charge in [-0.1, -0.05) is 20.8 Å². The Kier molecular flexibility index (Phi) is 4.09. The van der Waals surface area contributed by atoms with Crippen molar-refractivity contribution >= 4 is 0 Å². The summed E-state index contributed by atoms with van der Waals surface area (Å²) >= 11 is 0. The molecule has 106 valence electrons. The summed E-state index contributed by atoms with van der Waals surface area (Å²) in [5.74, 6) is 1.02. The molecule has 1 heterocycles. The Labute approximate surface area is 115 Å². The largest absolute Gasteiger partial charge is 0.347 e. The van der Waals surface area contributed by atoms with Gasteiger partial charge in [-0.15, -0.1) is 0 Å². The van der Waals surface area contributed by atoms with Crippen molar-refractivity contribution in [3.63, 3.8) is 0 Å². The van der Waals surface area contributed by atoms with Gasteiger partial charge >= 0.3 is 5.69 Å². The Morgan fingerprint density at radius 3 is 2.74 bits per heavy atom. The molecule has 0 spiro atoms. The van der Waals surface area contributed by atoms with Crippen molar-refractivity contribution in [2.75, 3.05) is 6.54 Å². The van der Waals surface area contributed by atoms with Gasteiger partial charge in [0.2, 0.25) is 0 Å². The first-order valence-electron chi connectivity index (χ1n) is 7.16. The van der Waals surface area contributed by atoms with E-state index in [9.17, 15) is 4.79 Å². The summed E-state index contributed by atoms with van der Waals surface area (Å²) in [7, 11) is 0. The number of hydrogen-bond acceptors (Lipinski definition) is 3. The van der Waals surface area contributed by atoms with E-state index in [0.29, 0.717) is 18.4 Å². The number of aromatic nitrogens is 2. The fourth-order valence-electron chi connectivity index (χ4n) is 3.23. The molecule has 4 nitrogen and oxygen atoms in total. The maximum absolute atomic E-state index is 11.9. The second-order valence-corrected chi connectivity index (χ2v) is 6.75. The van der Waals surface area contributed by atoms with Crippen LogP contribution in [0, 0.1) is 17.3 Å². The third-order valence-corrected chi connectivity index (χ3v) is 4.58. The van der Waals surface area contributed by atoms with E-state index in [1.807, 2.05) is 12.3 Å². The molecule has 3 unspecified atom stereocenters. The highest BCUT2D eigenvalue weighted by atomic mass is 16.1. The molecule has 1 aromatic rings. The van der Waals surface area contributed by atoms with Crippen molar-refractivity contribution in [2.24, 2.45) is 23.0 Å². The third-order valence-electron chi connectivity index (χ3n) is 4.58. The zero-order chi connectivity index (χ0) is 14.0. The van der Waals surface area contributed by atoms with Crippen LogP contribution in [0.4, 0.5) is 0 Å². The number of nitrogens with two attached hydrogens (primary N) is 1. The molecular weight excluding hydrogens is 238 g/mol. The molecule has 0 radical (unpaired) electrons. The number of rotatable bonds is 2. The molecular formula is C15H25N3O. The first kappa shape index (κ1) is 14.3. The third kappa shape index (κ3) is 3.06. The van der Waals surface area contributed by atoms with Gasteiger partial charge in [0.25, 0.3) is 0 Å². The molecule has 2 N–H and O–H groups in total. The predicted molar refractivity (Wildman–Crippen MR) is 76.9 cm³/mol. The van der Waals surface area contributed by atoms with Crippen LogP contribution in [0.5, 0.6) is 0 Å². The molecule has 0 saturated heterocycles. The molecule has 0 aliphatic heterocycles. The number of nitrogens with zero attached hydrogens (tertiary/aromatic N) is 2. The zero-order valence-electron chi connectivity index (χ0n) is 12.2. The summed E-state index contributed by atoms with van der Waals surface area (Å²) in [6.45, 7) is 7.49. The van der Waals surface area contributed by atoms with Crippen molar-refractivity contribution in [1.82, 2.24) is 9.55 Å². The summed E-state index contributed by atoms with van der Waals surface area (Å²) in [5, 5.41) is 0. The molecule has 1 saturated carbocycles. The van der Waals surface area contributed by atoms with Crippen LogP contribution >= 0.6 is 0 Å². The summed E-state index contributed by atoms with van der Waals surface area (Å²) in [6, 6.07) is 2.03. The van der Waals surface area contributed by atoms with Gasteiger partial charge in [0, 0.05) is 18.4 Å². The Balaban J connectivity index is 2.29. The van der Waals surface area contributed by atoms with Crippen molar-refractivity contribution in [1.29, 1.82) is 0 Å². The van der Waals surface area contributed by atoms with Gasteiger partial charge in [-0.25, -0.2) is 9.78 Å². The van der Waals surface area contributed by atoms with E-state index in [4.69, 9.17) is 5.73 Å². The zero-order valence-corrected chi connectivity index (χ0v) is 12.2. The Morgan fingerprint density at radius 2 is 2.16 bits per heavy atom. The van der Waals surface area contributed by atoms with E-state index < -0.39 is 0 Å². The second kappa shape index (κ2) is 5.45. The average molecular weight is 263 g/mol. The summed E-state index contributed by atoms with van der Waals surface area (Å²) in [4.78, 5) is 15.8. The molecule has 0 bridgehead atoms. The lowest BCUT2D eigenvalue weighted by molar-refractivity contribution is 0.103. The monoisotopic (exact) mass is 263 g/mol. The van der Waals surface area contributed by atoms with Crippen molar-refractivity contribution in [2.45, 2.75) is 46.1 Å². The maximum atomic E-state index is 11.9. The molecule has 3 atom stereocenters. The standard InChI is InChI=1S/C15H25N3O/c1-15(2,3)12-6-5-11(10-16)13(9-12)18-8-4-7-17-14(18)19/h4,7-8,11-13H,5-6,9-10,16H2,1-3H3. The van der Waals surface area contributed by atoms with Gasteiger partial charge in [-0.3, -0.25) is 4.57 Å². The number of hydrogen-bond donors (Lipinski definition) is 1. The summed E-state index contributed by atoms with van der Waals surface area (Å²) in [5.41, 5.74) is 6.03. The average Bonchev–Trinajstić information content (AvgIpc) is 2.37. The lowest BCUT2D eigenvalue weighted by Gasteiger charge is -2.42. The van der Waals surface area contributed by atoms with Gasteiger partial charge < -0.3 is 5.73 Å². The Bertz CT molecular complexity index is 475. The van der Waals surface area contributed by atoms with Gasteiger partial charge in [0.1, 0.15) is 0 Å². The molecule has 0 aromatic carbocycles. The van der Waals surface area contributed by atoms with Crippen LogP contribution in [0.25, 0.3) is 0 Å². The van der Waals surface area contributed by atoms with Crippen LogP contribution in [0.2, 0.25) is 0 Å². The van der Waals surface area contributed by atoms with E-state index in [0.717, 1.165) is 12.8 Å². The Morgan fingerprint density at radius 1 is 1.42 bits per heavy atom. The lowest BCUT2D eigenvalue weighted by Crippen LogP contribution is -2.40. The summed E-state index contributed by atoms with van der Waals surface area (Å²) < 4.78 is 1.79. The fraction of sp³-hybridized carbons (Fsp3) is 0.733. The van der Waals surface area contributed by atoms with Crippen LogP contribution in [0.3, 0.4) is 0 Å². The molecule has 1 aromatic heterocycles. The molecule has 1 aliphatic carbocycles. The molecule has 2 rings (SSSR count). The van der Waals surface area contributed by atoms with E-state index in [1.54, 1.807) is 10.8 Å². The maximum Gasteiger partial charge on any atom is 0.347 e. The molecule has 1 fully saturated rings. The van der Waals surface area contributed by atoms with Crippen LogP contribution in [0.1, 0.15) is 46.1 Å². The van der Waals surface area contributed by atoms with Gasteiger partial charge in [-0.05, 0) is 49.1 Å². The van der Waals surface area contributed by atoms with E-state index in [-0.39, 0.29) is 17.1 Å². The van der Waals surface area contributed by atoms with Crippen molar-refractivity contribution in [3.8, 4) is 0 Å². The van der Waals surface area contributed by atoms with E-state index >= 15 is 0 Å². The van der Waals surface area contributed by atoms with Gasteiger partial charge in [0.15, 0.2) is 0 Å². The highest BCUT2D eigenvalue weighted by Crippen LogP contribution is 2.43. The topological polar surface area (TPSA) is 60.9 Å². The van der Waals surface area contributed by atoms with E-state index in [1.165, 1.54) is 6.42 Å². The molecule has 4 heteroatoms. The first-order chi connectivity index (χ1) is 8.93. The van der Waals surface area contributed by atoms with Gasteiger partial charge in [0.05, 0.1) is 0 Å². The normalized spacial score (nSPS) is 28.3. The lowest BCUT2D eigenvalue weighted by atomic mass is 9.68. The Hall–Kier alpha value is -1.16. The quantitative estimate of drug-likeness (QED) is 0.890. The minimum absolute atomic E-state index is 0.152. The smallest absolute Gasteiger partial charge is 0.330 e. The SMILES string of the molecule is CC(C)(C)C1CCC(CN)C(n2cccnc2=O)C1. The van der Waals surface area contributed by atoms with Crippen molar-refractivity contribution in [3.05, 3.63) is 28.9 Å². The van der Waals surface area contributed by atoms with Crippen molar-refractivity contribution < 1.29 is 0 Å². The first-order valence-corrected chi connectivity index (χ1v) is 7.16. The van der Waals surface area contributed by atoms with Crippen LogP contribution in [-0.2, 0) is 0 Å². The second-order valence-electron chi connectivity index (χ2n) is 6.75. The van der Waals surface area contributed by atoms with Crippen LogP contribution < -0.4 is 11.4 Å². The molecule has 1 aliphatic rings. The minimum Gasteiger partial charge on any atom is -0.330 e. The van der Waals surface area contributed by atoms with Crippen LogP contribution in [-0.4, -0.2) is 16.1 Å². The molecule has 0 amide bonds. The highest BCUT2D eigenvalue weighted by Gasteiger charge is 2.36. The minimum atomic E-state index is -0.152. The summed E-state index contributed by atoms with van der Waals surface area (Å²) in [6.07, 6.45) is 6.74. The van der Waals surface area contributed by atoms with Gasteiger partial charge in [-0.2, -0.15) is 0 Å². The fourth-order valence-corrected chi connectivity index (χ4v) is 3.23. The molecule has 19 heavy (non-hydrogen) atoms. The highest BCUT2D eigenvalue weighted by molar-refractivity contribution is 4.93. The predicted octanol–water partition coefficient (Wildman–Crippen LogP) is 2.21.